The van der Waals surface area contributed by atoms with E-state index in [2.05, 4.69) is 17.3 Å². The highest BCUT2D eigenvalue weighted by Crippen LogP contribution is 2.44. The number of urea groups is 1. The summed E-state index contributed by atoms with van der Waals surface area (Å²) in [6.45, 7) is 3.15. The van der Waals surface area contributed by atoms with E-state index in [-0.39, 0.29) is 35.6 Å². The molecule has 1 N–H and O–H groups in total. The normalized spacial score (nSPS) is 21.8. The third-order valence-corrected chi connectivity index (χ3v) is 6.56. The fourth-order valence-corrected chi connectivity index (χ4v) is 4.79. The van der Waals surface area contributed by atoms with Crippen LogP contribution in [-0.2, 0) is 11.2 Å². The number of hydrogen-bond donors (Lipinski definition) is 1. The molecule has 1 spiro atoms. The minimum Gasteiger partial charge on any atom is -0.337 e. The van der Waals surface area contributed by atoms with Crippen LogP contribution in [0.2, 0.25) is 0 Å². The van der Waals surface area contributed by atoms with E-state index in [9.17, 15) is 14.0 Å². The number of hydrogen-bond acceptors (Lipinski definition) is 3. The zero-order chi connectivity index (χ0) is 21.0. The molecular formula is C22H33FN4O2. The Bertz CT molecular complexity index is 731. The number of piperidine rings is 2. The molecule has 1 aromatic rings. The molecule has 1 atom stereocenters. The zero-order valence-corrected chi connectivity index (χ0v) is 17.8. The Balaban J connectivity index is 1.80. The van der Waals surface area contributed by atoms with E-state index in [4.69, 9.17) is 0 Å². The van der Waals surface area contributed by atoms with Crippen molar-refractivity contribution in [1.82, 2.24) is 20.0 Å². The lowest BCUT2D eigenvalue weighted by atomic mass is 9.66. The van der Waals surface area contributed by atoms with Crippen molar-refractivity contribution in [3.8, 4) is 0 Å². The topological polar surface area (TPSA) is 55.9 Å². The highest BCUT2D eigenvalue weighted by molar-refractivity contribution is 5.79. The van der Waals surface area contributed by atoms with Crippen LogP contribution in [0.25, 0.3) is 0 Å². The number of likely N-dealkylation sites (tertiary alicyclic amines) is 2. The van der Waals surface area contributed by atoms with Crippen LogP contribution in [-0.4, -0.2) is 80.0 Å². The van der Waals surface area contributed by atoms with Crippen molar-refractivity contribution in [2.75, 3.05) is 47.3 Å². The van der Waals surface area contributed by atoms with Gasteiger partial charge in [-0.05, 0) is 68.9 Å². The number of benzene rings is 1. The Hall–Kier alpha value is -2.15. The van der Waals surface area contributed by atoms with Crippen molar-refractivity contribution in [1.29, 1.82) is 0 Å². The molecule has 2 saturated heterocycles. The Morgan fingerprint density at radius 3 is 2.59 bits per heavy atom. The van der Waals surface area contributed by atoms with Crippen LogP contribution in [0.1, 0.15) is 31.2 Å². The van der Waals surface area contributed by atoms with Crippen molar-refractivity contribution >= 4 is 11.9 Å². The molecule has 6 nitrogen and oxygen atoms in total. The molecule has 0 unspecified atom stereocenters. The van der Waals surface area contributed by atoms with Gasteiger partial charge in [0.05, 0.1) is 12.5 Å². The van der Waals surface area contributed by atoms with Crippen molar-refractivity contribution in [2.24, 2.45) is 5.41 Å². The second-order valence-electron chi connectivity index (χ2n) is 8.76. The van der Waals surface area contributed by atoms with Crippen LogP contribution < -0.4 is 5.32 Å². The van der Waals surface area contributed by atoms with Crippen molar-refractivity contribution in [2.45, 2.75) is 38.1 Å². The molecule has 2 heterocycles. The van der Waals surface area contributed by atoms with Gasteiger partial charge in [-0.3, -0.25) is 4.79 Å². The van der Waals surface area contributed by atoms with Gasteiger partial charge in [0.15, 0.2) is 0 Å². The summed E-state index contributed by atoms with van der Waals surface area (Å²) in [6.07, 6.45) is 4.28. The molecule has 3 rings (SSSR count). The second kappa shape index (κ2) is 9.11. The largest absolute Gasteiger partial charge is 0.337 e. The average Bonchev–Trinajstić information content (AvgIpc) is 2.69. The molecule has 0 aromatic heterocycles. The molecular weight excluding hydrogens is 371 g/mol. The van der Waals surface area contributed by atoms with Crippen LogP contribution >= 0.6 is 0 Å². The first kappa shape index (κ1) is 21.6. The summed E-state index contributed by atoms with van der Waals surface area (Å²) in [4.78, 5) is 31.2. The van der Waals surface area contributed by atoms with E-state index in [1.807, 2.05) is 4.90 Å². The maximum Gasteiger partial charge on any atom is 0.316 e. The Kier molecular flexibility index (Phi) is 6.77. The predicted molar refractivity (Wildman–Crippen MR) is 111 cm³/mol. The number of nitrogens with one attached hydrogen (secondary N) is 1. The SMILES string of the molecule is CN1CCC2(CCCN(C(=O)Cc3cccc(F)c3)[C@H]2CNC(=O)N(C)C)CC1. The Morgan fingerprint density at radius 2 is 1.93 bits per heavy atom. The number of halogens is 1. The third kappa shape index (κ3) is 5.07. The number of carbonyl (C=O) groups excluding carboxylic acids is 2. The average molecular weight is 405 g/mol. The molecule has 7 heteroatoms. The van der Waals surface area contributed by atoms with Crippen LogP contribution in [0.15, 0.2) is 24.3 Å². The first-order valence-corrected chi connectivity index (χ1v) is 10.5. The van der Waals surface area contributed by atoms with Crippen LogP contribution in [0.4, 0.5) is 9.18 Å². The lowest BCUT2D eigenvalue weighted by molar-refractivity contribution is -0.140. The molecule has 0 saturated carbocycles. The van der Waals surface area contributed by atoms with E-state index >= 15 is 0 Å². The standard InChI is InChI=1S/C22H33FN4O2/c1-25(2)21(29)24-16-19-22(9-12-26(3)13-10-22)8-5-11-27(19)20(28)15-17-6-4-7-18(23)14-17/h4,6-7,14,19H,5,8-13,15-16H2,1-3H3,(H,24,29)/t19-/m0/s1. The summed E-state index contributed by atoms with van der Waals surface area (Å²) in [5, 5.41) is 3.01. The van der Waals surface area contributed by atoms with Gasteiger partial charge in [0.25, 0.3) is 0 Å². The lowest BCUT2D eigenvalue weighted by Crippen LogP contribution is -2.61. The maximum absolute atomic E-state index is 13.6. The molecule has 2 aliphatic heterocycles. The number of rotatable bonds is 4. The first-order valence-electron chi connectivity index (χ1n) is 10.5. The first-order chi connectivity index (χ1) is 13.8. The van der Waals surface area contributed by atoms with Gasteiger partial charge in [-0.25, -0.2) is 9.18 Å². The summed E-state index contributed by atoms with van der Waals surface area (Å²) in [5.74, 6) is -0.312. The molecule has 0 aliphatic carbocycles. The van der Waals surface area contributed by atoms with Gasteiger partial charge in [0, 0.05) is 27.2 Å². The predicted octanol–water partition coefficient (Wildman–Crippen LogP) is 2.34. The summed E-state index contributed by atoms with van der Waals surface area (Å²) in [7, 11) is 5.56. The van der Waals surface area contributed by atoms with E-state index in [1.165, 1.54) is 17.0 Å². The monoisotopic (exact) mass is 404 g/mol. The van der Waals surface area contributed by atoms with Crippen LogP contribution in [0.3, 0.4) is 0 Å². The summed E-state index contributed by atoms with van der Waals surface area (Å²) in [6, 6.07) is 6.07. The van der Waals surface area contributed by atoms with Gasteiger partial charge < -0.3 is 20.0 Å². The second-order valence-corrected chi connectivity index (χ2v) is 8.76. The summed E-state index contributed by atoms with van der Waals surface area (Å²) < 4.78 is 13.6. The number of amides is 3. The fourth-order valence-electron chi connectivity index (χ4n) is 4.79. The van der Waals surface area contributed by atoms with Gasteiger partial charge in [-0.2, -0.15) is 0 Å². The molecule has 2 fully saturated rings. The van der Waals surface area contributed by atoms with Crippen LogP contribution in [0.5, 0.6) is 0 Å². The van der Waals surface area contributed by atoms with Gasteiger partial charge in [-0.1, -0.05) is 12.1 Å². The molecule has 160 valence electrons. The van der Waals surface area contributed by atoms with E-state index in [1.54, 1.807) is 26.2 Å². The highest BCUT2D eigenvalue weighted by atomic mass is 19.1. The zero-order valence-electron chi connectivity index (χ0n) is 17.8. The maximum atomic E-state index is 13.6. The molecule has 2 aliphatic rings. The highest BCUT2D eigenvalue weighted by Gasteiger charge is 2.47. The minimum absolute atomic E-state index is 0.0118. The Labute approximate surface area is 173 Å². The molecule has 29 heavy (non-hydrogen) atoms. The van der Waals surface area contributed by atoms with Gasteiger partial charge in [0.1, 0.15) is 5.82 Å². The van der Waals surface area contributed by atoms with Gasteiger partial charge in [-0.15, -0.1) is 0 Å². The Morgan fingerprint density at radius 1 is 1.21 bits per heavy atom. The van der Waals surface area contributed by atoms with Crippen molar-refractivity contribution < 1.29 is 14.0 Å². The lowest BCUT2D eigenvalue weighted by Gasteiger charge is -2.53. The fraction of sp³-hybridized carbons (Fsp3) is 0.636. The van der Waals surface area contributed by atoms with Crippen molar-refractivity contribution in [3.05, 3.63) is 35.6 Å². The smallest absolute Gasteiger partial charge is 0.316 e. The minimum atomic E-state index is -0.324. The van der Waals surface area contributed by atoms with Gasteiger partial charge in [0.2, 0.25) is 5.91 Å². The summed E-state index contributed by atoms with van der Waals surface area (Å²) >= 11 is 0. The molecule has 0 bridgehead atoms. The number of nitrogens with zero attached hydrogens (tertiary/aromatic N) is 3. The van der Waals surface area contributed by atoms with Crippen molar-refractivity contribution in [3.63, 3.8) is 0 Å². The molecule has 3 amide bonds. The van der Waals surface area contributed by atoms with E-state index < -0.39 is 0 Å². The quantitative estimate of drug-likeness (QED) is 0.838. The summed E-state index contributed by atoms with van der Waals surface area (Å²) in [5.41, 5.74) is 0.719. The van der Waals surface area contributed by atoms with Gasteiger partial charge >= 0.3 is 6.03 Å². The number of carbonyl (C=O) groups is 2. The van der Waals surface area contributed by atoms with E-state index in [0.717, 1.165) is 38.8 Å². The molecule has 0 radical (unpaired) electrons. The van der Waals surface area contributed by atoms with E-state index in [0.29, 0.717) is 18.7 Å². The molecule has 1 aromatic carbocycles. The van der Waals surface area contributed by atoms with Crippen LogP contribution in [0, 0.1) is 11.2 Å². The third-order valence-electron chi connectivity index (χ3n) is 6.56.